The van der Waals surface area contributed by atoms with E-state index in [1.807, 2.05) is 0 Å². The topological polar surface area (TPSA) is 63.7 Å². The van der Waals surface area contributed by atoms with E-state index in [9.17, 15) is 13.2 Å². The van der Waals surface area contributed by atoms with Crippen molar-refractivity contribution in [3.8, 4) is 0 Å². The third-order valence-corrected chi connectivity index (χ3v) is 5.78. The second-order valence-electron chi connectivity index (χ2n) is 4.71. The van der Waals surface area contributed by atoms with Gasteiger partial charge in [-0.3, -0.25) is 4.79 Å². The number of rotatable bonds is 5. The Morgan fingerprint density at radius 1 is 1.29 bits per heavy atom. The van der Waals surface area contributed by atoms with Gasteiger partial charge in [0, 0.05) is 13.1 Å². The number of nitrogens with zero attached hydrogens (tertiary/aromatic N) is 1. The van der Waals surface area contributed by atoms with Gasteiger partial charge in [0.25, 0.3) is 0 Å². The van der Waals surface area contributed by atoms with Crippen molar-refractivity contribution in [2.75, 3.05) is 20.2 Å². The maximum Gasteiger partial charge on any atom is 0.317 e. The third-order valence-electron chi connectivity index (χ3n) is 3.67. The van der Waals surface area contributed by atoms with Gasteiger partial charge >= 0.3 is 5.97 Å². The Morgan fingerprint density at radius 3 is 2.52 bits per heavy atom. The fraction of sp³-hybridized carbons (Fsp3) is 0.400. The fourth-order valence-electron chi connectivity index (χ4n) is 2.57. The average molecular weight is 309 g/mol. The van der Waals surface area contributed by atoms with E-state index >= 15 is 0 Å². The van der Waals surface area contributed by atoms with E-state index in [4.69, 9.17) is 4.74 Å². The van der Waals surface area contributed by atoms with Crippen LogP contribution in [-0.2, 0) is 19.6 Å². The maximum absolute atomic E-state index is 12.7. The molecule has 2 rings (SSSR count). The van der Waals surface area contributed by atoms with E-state index in [2.05, 4.69) is 0 Å². The second kappa shape index (κ2) is 5.99. The summed E-state index contributed by atoms with van der Waals surface area (Å²) in [5.41, 5.74) is 1.26. The predicted octanol–water partition coefficient (Wildman–Crippen LogP) is 2.00. The SMILES string of the molecule is CCN(CC)S(=O)(=O)c1cccc2c1C=CC2C(=O)OC. The van der Waals surface area contributed by atoms with Crippen molar-refractivity contribution in [3.05, 3.63) is 35.4 Å². The molecule has 0 saturated carbocycles. The van der Waals surface area contributed by atoms with Gasteiger partial charge in [-0.25, -0.2) is 8.42 Å². The first-order valence-corrected chi connectivity index (χ1v) is 8.30. The van der Waals surface area contributed by atoms with Gasteiger partial charge in [-0.15, -0.1) is 0 Å². The Labute approximate surface area is 125 Å². The molecule has 1 aromatic rings. The lowest BCUT2D eigenvalue weighted by Gasteiger charge is -2.20. The first-order chi connectivity index (χ1) is 9.97. The number of benzene rings is 1. The molecular formula is C15H19NO4S. The number of hydrogen-bond acceptors (Lipinski definition) is 4. The summed E-state index contributed by atoms with van der Waals surface area (Å²) in [6.07, 6.45) is 3.37. The quantitative estimate of drug-likeness (QED) is 0.780. The number of carbonyl (C=O) groups is 1. The molecule has 5 nitrogen and oxygen atoms in total. The zero-order valence-corrected chi connectivity index (χ0v) is 13.2. The van der Waals surface area contributed by atoms with Gasteiger partial charge in [0.05, 0.1) is 12.0 Å². The minimum Gasteiger partial charge on any atom is -0.468 e. The molecule has 0 heterocycles. The normalized spacial score (nSPS) is 17.0. The Hall–Kier alpha value is -1.66. The van der Waals surface area contributed by atoms with E-state index in [1.54, 1.807) is 44.2 Å². The highest BCUT2D eigenvalue weighted by molar-refractivity contribution is 7.89. The molecule has 1 atom stereocenters. The monoisotopic (exact) mass is 309 g/mol. The minimum absolute atomic E-state index is 0.242. The molecule has 0 amide bonds. The van der Waals surface area contributed by atoms with Crippen LogP contribution in [0.4, 0.5) is 0 Å². The molecule has 6 heteroatoms. The molecule has 0 bridgehead atoms. The Morgan fingerprint density at radius 2 is 1.95 bits per heavy atom. The molecule has 1 aromatic carbocycles. The second-order valence-corrected chi connectivity index (χ2v) is 6.61. The van der Waals surface area contributed by atoms with Gasteiger partial charge in [-0.2, -0.15) is 4.31 Å². The van der Waals surface area contributed by atoms with Crippen molar-refractivity contribution in [1.29, 1.82) is 0 Å². The van der Waals surface area contributed by atoms with E-state index in [-0.39, 0.29) is 10.9 Å². The largest absolute Gasteiger partial charge is 0.468 e. The fourth-order valence-corrected chi connectivity index (χ4v) is 4.24. The van der Waals surface area contributed by atoms with E-state index < -0.39 is 15.9 Å². The van der Waals surface area contributed by atoms with E-state index in [0.29, 0.717) is 24.2 Å². The highest BCUT2D eigenvalue weighted by atomic mass is 32.2. The summed E-state index contributed by atoms with van der Waals surface area (Å²) in [6, 6.07) is 5.01. The summed E-state index contributed by atoms with van der Waals surface area (Å²) < 4.78 is 31.5. The smallest absolute Gasteiger partial charge is 0.317 e. The molecule has 1 aliphatic carbocycles. The Balaban J connectivity index is 2.54. The van der Waals surface area contributed by atoms with Gasteiger partial charge in [0.15, 0.2) is 0 Å². The van der Waals surface area contributed by atoms with Crippen molar-refractivity contribution in [3.63, 3.8) is 0 Å². The lowest BCUT2D eigenvalue weighted by molar-refractivity contribution is -0.141. The molecular weight excluding hydrogens is 290 g/mol. The molecule has 0 radical (unpaired) electrons. The lowest BCUT2D eigenvalue weighted by Crippen LogP contribution is -2.31. The average Bonchev–Trinajstić information content (AvgIpc) is 2.91. The lowest BCUT2D eigenvalue weighted by atomic mass is 10.0. The number of esters is 1. The van der Waals surface area contributed by atoms with Crippen molar-refractivity contribution < 1.29 is 17.9 Å². The van der Waals surface area contributed by atoms with E-state index in [0.717, 1.165) is 0 Å². The van der Waals surface area contributed by atoms with Crippen LogP contribution in [0.15, 0.2) is 29.2 Å². The summed E-state index contributed by atoms with van der Waals surface area (Å²) in [7, 11) is -2.23. The highest BCUT2D eigenvalue weighted by Crippen LogP contribution is 2.35. The molecule has 0 aliphatic heterocycles. The van der Waals surface area contributed by atoms with Crippen LogP contribution in [-0.4, -0.2) is 38.9 Å². The summed E-state index contributed by atoms with van der Waals surface area (Å²) in [4.78, 5) is 12.0. The molecule has 21 heavy (non-hydrogen) atoms. The van der Waals surface area contributed by atoms with Crippen LogP contribution in [0.5, 0.6) is 0 Å². The summed E-state index contributed by atoms with van der Waals surface area (Å²) in [5.74, 6) is -0.917. The van der Waals surface area contributed by atoms with Crippen molar-refractivity contribution in [1.82, 2.24) is 4.31 Å². The van der Waals surface area contributed by atoms with Gasteiger partial charge < -0.3 is 4.74 Å². The van der Waals surface area contributed by atoms with Crippen molar-refractivity contribution >= 4 is 22.1 Å². The van der Waals surface area contributed by atoms with Gasteiger partial charge in [-0.1, -0.05) is 38.1 Å². The number of carbonyl (C=O) groups excluding carboxylic acids is 1. The number of methoxy groups -OCH3 is 1. The van der Waals surface area contributed by atoms with Crippen molar-refractivity contribution in [2.45, 2.75) is 24.7 Å². The van der Waals surface area contributed by atoms with Crippen LogP contribution < -0.4 is 0 Å². The van der Waals surface area contributed by atoms with Gasteiger partial charge in [0.2, 0.25) is 10.0 Å². The van der Waals surface area contributed by atoms with Crippen LogP contribution in [0.3, 0.4) is 0 Å². The van der Waals surface area contributed by atoms with Crippen LogP contribution in [0.1, 0.15) is 30.9 Å². The number of fused-ring (bicyclic) bond motifs is 1. The van der Waals surface area contributed by atoms with Crippen molar-refractivity contribution in [2.24, 2.45) is 0 Å². The standard InChI is InChI=1S/C15H19NO4S/c1-4-16(5-2)21(18,19)14-8-6-7-11-12(14)9-10-13(11)15(17)20-3/h6-10,13H,4-5H2,1-3H3. The highest BCUT2D eigenvalue weighted by Gasteiger charge is 2.31. The van der Waals surface area contributed by atoms with E-state index in [1.165, 1.54) is 11.4 Å². The first kappa shape index (κ1) is 15.7. The van der Waals surface area contributed by atoms with Gasteiger partial charge in [0.1, 0.15) is 5.92 Å². The van der Waals surface area contributed by atoms with Gasteiger partial charge in [-0.05, 0) is 17.2 Å². The Bertz CT molecular complexity index is 675. The number of hydrogen-bond donors (Lipinski definition) is 0. The molecule has 0 N–H and O–H groups in total. The molecule has 0 fully saturated rings. The number of ether oxygens (including phenoxy) is 1. The zero-order valence-electron chi connectivity index (χ0n) is 12.4. The summed E-state index contributed by atoms with van der Waals surface area (Å²) in [6.45, 7) is 4.42. The molecule has 0 spiro atoms. The number of sulfonamides is 1. The summed E-state index contributed by atoms with van der Waals surface area (Å²) in [5, 5.41) is 0. The molecule has 114 valence electrons. The molecule has 0 saturated heterocycles. The Kier molecular flexibility index (Phi) is 4.49. The third kappa shape index (κ3) is 2.61. The zero-order chi connectivity index (χ0) is 15.6. The van der Waals surface area contributed by atoms with Crippen LogP contribution in [0, 0.1) is 0 Å². The van der Waals surface area contributed by atoms with Crippen LogP contribution >= 0.6 is 0 Å². The molecule has 1 aliphatic rings. The summed E-state index contributed by atoms with van der Waals surface area (Å²) >= 11 is 0. The van der Waals surface area contributed by atoms with Crippen LogP contribution in [0.25, 0.3) is 6.08 Å². The first-order valence-electron chi connectivity index (χ1n) is 6.86. The van der Waals surface area contributed by atoms with Crippen LogP contribution in [0.2, 0.25) is 0 Å². The molecule has 0 aromatic heterocycles. The minimum atomic E-state index is -3.55. The maximum atomic E-state index is 12.7. The predicted molar refractivity (Wildman–Crippen MR) is 80.3 cm³/mol. The molecule has 1 unspecified atom stereocenters.